The third-order valence-electron chi connectivity index (χ3n) is 4.28. The highest BCUT2D eigenvalue weighted by atomic mass is 16.3. The second-order valence-electron chi connectivity index (χ2n) is 6.59. The lowest BCUT2D eigenvalue weighted by Gasteiger charge is -2.17. The van der Waals surface area contributed by atoms with E-state index in [1.807, 2.05) is 29.0 Å². The molecule has 0 aliphatic heterocycles. The van der Waals surface area contributed by atoms with Crippen LogP contribution in [0, 0.1) is 0 Å². The van der Waals surface area contributed by atoms with Crippen LogP contribution in [0.15, 0.2) is 42.9 Å². The molecule has 0 saturated heterocycles. The van der Waals surface area contributed by atoms with E-state index in [0.29, 0.717) is 5.92 Å². The fourth-order valence-corrected chi connectivity index (χ4v) is 2.91. The summed E-state index contributed by atoms with van der Waals surface area (Å²) >= 11 is 0. The van der Waals surface area contributed by atoms with Crippen molar-refractivity contribution >= 4 is 5.52 Å². The highest BCUT2D eigenvalue weighted by Crippen LogP contribution is 2.46. The van der Waals surface area contributed by atoms with Crippen LogP contribution in [0.2, 0.25) is 0 Å². The highest BCUT2D eigenvalue weighted by Gasteiger charge is 2.31. The summed E-state index contributed by atoms with van der Waals surface area (Å²) in [5.41, 5.74) is 4.37. The van der Waals surface area contributed by atoms with Crippen molar-refractivity contribution in [1.82, 2.24) is 14.6 Å². The number of hydrogen-bond acceptors (Lipinski definition) is 3. The van der Waals surface area contributed by atoms with E-state index in [2.05, 4.69) is 17.1 Å². The zero-order valence-electron chi connectivity index (χ0n) is 12.8. The monoisotopic (exact) mass is 293 g/mol. The zero-order valence-corrected chi connectivity index (χ0v) is 12.8. The molecular weight excluding hydrogens is 274 g/mol. The maximum Gasteiger partial charge on any atom is 0.0984 e. The van der Waals surface area contributed by atoms with Crippen molar-refractivity contribution < 1.29 is 5.11 Å². The van der Waals surface area contributed by atoms with Crippen LogP contribution in [-0.2, 0) is 5.60 Å². The van der Waals surface area contributed by atoms with E-state index in [4.69, 9.17) is 5.10 Å². The molecule has 0 amide bonds. The standard InChI is InChI=1S/C18H19N3O/c1-18(2,22)14-9-13(10-19-11-14)17-16(12-6-7-12)15-5-3-4-8-21(15)20-17/h3-5,8-12,22H,6-7H2,1-2H3. The molecule has 0 radical (unpaired) electrons. The number of pyridine rings is 2. The molecule has 0 aromatic carbocycles. The molecule has 0 bridgehead atoms. The van der Waals surface area contributed by atoms with Gasteiger partial charge < -0.3 is 5.11 Å². The first-order valence-corrected chi connectivity index (χ1v) is 7.69. The maximum atomic E-state index is 10.2. The van der Waals surface area contributed by atoms with Gasteiger partial charge in [0.25, 0.3) is 0 Å². The summed E-state index contributed by atoms with van der Waals surface area (Å²) in [6.07, 6.45) is 7.99. The average molecular weight is 293 g/mol. The maximum absolute atomic E-state index is 10.2. The van der Waals surface area contributed by atoms with Crippen molar-refractivity contribution in [3.05, 3.63) is 54.0 Å². The predicted octanol–water partition coefficient (Wildman–Crippen LogP) is 3.50. The third-order valence-corrected chi connectivity index (χ3v) is 4.28. The van der Waals surface area contributed by atoms with Crippen LogP contribution < -0.4 is 0 Å². The molecule has 1 aliphatic rings. The molecule has 1 saturated carbocycles. The topological polar surface area (TPSA) is 50.4 Å². The normalized spacial score (nSPS) is 15.4. The Morgan fingerprint density at radius 2 is 2.05 bits per heavy atom. The van der Waals surface area contributed by atoms with E-state index in [0.717, 1.165) is 16.8 Å². The van der Waals surface area contributed by atoms with Crippen molar-refractivity contribution in [1.29, 1.82) is 0 Å². The van der Waals surface area contributed by atoms with Crippen LogP contribution in [0.3, 0.4) is 0 Å². The van der Waals surface area contributed by atoms with Gasteiger partial charge in [-0.15, -0.1) is 0 Å². The Labute approximate surface area is 129 Å². The third kappa shape index (κ3) is 2.20. The molecule has 0 atom stereocenters. The first-order valence-electron chi connectivity index (χ1n) is 7.69. The molecular formula is C18H19N3O. The molecule has 112 valence electrons. The van der Waals surface area contributed by atoms with Crippen molar-refractivity contribution in [3.63, 3.8) is 0 Å². The molecule has 3 aromatic heterocycles. The van der Waals surface area contributed by atoms with E-state index < -0.39 is 5.60 Å². The number of fused-ring (bicyclic) bond motifs is 1. The number of aliphatic hydroxyl groups is 1. The molecule has 22 heavy (non-hydrogen) atoms. The van der Waals surface area contributed by atoms with Crippen LogP contribution in [0.25, 0.3) is 16.8 Å². The van der Waals surface area contributed by atoms with E-state index in [-0.39, 0.29) is 0 Å². The van der Waals surface area contributed by atoms with Crippen molar-refractivity contribution in [3.8, 4) is 11.3 Å². The first-order chi connectivity index (χ1) is 10.5. The quantitative estimate of drug-likeness (QED) is 0.804. The van der Waals surface area contributed by atoms with Crippen molar-refractivity contribution in [2.45, 2.75) is 38.2 Å². The minimum atomic E-state index is -0.901. The smallest absolute Gasteiger partial charge is 0.0984 e. The molecule has 1 N–H and O–H groups in total. The lowest BCUT2D eigenvalue weighted by Crippen LogP contribution is -2.15. The molecule has 0 spiro atoms. The van der Waals surface area contributed by atoms with Crippen LogP contribution in [0.4, 0.5) is 0 Å². The summed E-state index contributed by atoms with van der Waals surface area (Å²) < 4.78 is 1.94. The Morgan fingerprint density at radius 1 is 1.23 bits per heavy atom. The Balaban J connectivity index is 1.93. The van der Waals surface area contributed by atoms with Crippen LogP contribution >= 0.6 is 0 Å². The average Bonchev–Trinajstić information content (AvgIpc) is 3.26. The fourth-order valence-electron chi connectivity index (χ4n) is 2.91. The van der Waals surface area contributed by atoms with Crippen LogP contribution in [-0.4, -0.2) is 19.7 Å². The first kappa shape index (κ1) is 13.5. The summed E-state index contributed by atoms with van der Waals surface area (Å²) in [5, 5.41) is 15.0. The predicted molar refractivity (Wildman–Crippen MR) is 85.6 cm³/mol. The fraction of sp³-hybridized carbons (Fsp3) is 0.333. The largest absolute Gasteiger partial charge is 0.386 e. The lowest BCUT2D eigenvalue weighted by molar-refractivity contribution is 0.0783. The van der Waals surface area contributed by atoms with Gasteiger partial charge in [0, 0.05) is 35.3 Å². The molecule has 4 heteroatoms. The summed E-state index contributed by atoms with van der Waals surface area (Å²) in [6, 6.07) is 8.17. The summed E-state index contributed by atoms with van der Waals surface area (Å²) in [6.45, 7) is 3.55. The molecule has 4 rings (SSSR count). The zero-order chi connectivity index (χ0) is 15.3. The van der Waals surface area contributed by atoms with Crippen molar-refractivity contribution in [2.24, 2.45) is 0 Å². The lowest BCUT2D eigenvalue weighted by atomic mass is 9.96. The van der Waals surface area contributed by atoms with Crippen LogP contribution in [0.5, 0.6) is 0 Å². The number of nitrogens with zero attached hydrogens (tertiary/aromatic N) is 3. The Morgan fingerprint density at radius 3 is 2.77 bits per heavy atom. The molecule has 3 heterocycles. The van der Waals surface area contributed by atoms with Gasteiger partial charge in [-0.2, -0.15) is 5.10 Å². The van der Waals surface area contributed by atoms with Gasteiger partial charge in [-0.25, -0.2) is 4.52 Å². The van der Waals surface area contributed by atoms with Gasteiger partial charge in [-0.1, -0.05) is 6.07 Å². The van der Waals surface area contributed by atoms with Gasteiger partial charge in [0.1, 0.15) is 0 Å². The summed E-state index contributed by atoms with van der Waals surface area (Å²) in [7, 11) is 0. The second kappa shape index (κ2) is 4.65. The number of hydrogen-bond donors (Lipinski definition) is 1. The Hall–Kier alpha value is -2.20. The second-order valence-corrected chi connectivity index (χ2v) is 6.59. The molecule has 1 aliphatic carbocycles. The van der Waals surface area contributed by atoms with E-state index in [9.17, 15) is 5.11 Å². The molecule has 1 fully saturated rings. The molecule has 4 nitrogen and oxygen atoms in total. The SMILES string of the molecule is CC(C)(O)c1cncc(-c2nn3ccccc3c2C2CC2)c1. The molecule has 3 aromatic rings. The van der Waals surface area contributed by atoms with Crippen molar-refractivity contribution in [2.75, 3.05) is 0 Å². The highest BCUT2D eigenvalue weighted by molar-refractivity contribution is 5.74. The summed E-state index contributed by atoms with van der Waals surface area (Å²) in [5.74, 6) is 0.598. The Kier molecular flexibility index (Phi) is 2.84. The van der Waals surface area contributed by atoms with E-state index >= 15 is 0 Å². The van der Waals surface area contributed by atoms with Crippen LogP contribution in [0.1, 0.15) is 43.7 Å². The van der Waals surface area contributed by atoms with E-state index in [1.165, 1.54) is 23.9 Å². The van der Waals surface area contributed by atoms with Gasteiger partial charge in [-0.05, 0) is 50.8 Å². The van der Waals surface area contributed by atoms with Gasteiger partial charge in [0.15, 0.2) is 0 Å². The Bertz CT molecular complexity index is 841. The van der Waals surface area contributed by atoms with Gasteiger partial charge in [0.05, 0.1) is 16.8 Å². The number of aromatic nitrogens is 3. The molecule has 0 unspecified atom stereocenters. The minimum absolute atomic E-state index is 0.598. The summed E-state index contributed by atoms with van der Waals surface area (Å²) in [4.78, 5) is 4.31. The van der Waals surface area contributed by atoms with Gasteiger partial charge >= 0.3 is 0 Å². The number of rotatable bonds is 3. The van der Waals surface area contributed by atoms with Gasteiger partial charge in [-0.3, -0.25) is 4.98 Å². The minimum Gasteiger partial charge on any atom is -0.386 e. The van der Waals surface area contributed by atoms with E-state index in [1.54, 1.807) is 20.0 Å². The van der Waals surface area contributed by atoms with Gasteiger partial charge in [0.2, 0.25) is 0 Å².